The van der Waals surface area contributed by atoms with Crippen molar-refractivity contribution in [3.8, 4) is 0 Å². The highest BCUT2D eigenvalue weighted by molar-refractivity contribution is 14.1. The monoisotopic (exact) mass is 461 g/mol. The van der Waals surface area contributed by atoms with E-state index in [9.17, 15) is 4.39 Å². The van der Waals surface area contributed by atoms with Crippen LogP contribution in [-0.2, 0) is 6.42 Å². The van der Waals surface area contributed by atoms with Crippen LogP contribution < -0.4 is 5.32 Å². The Bertz CT molecular complexity index is 603. The van der Waals surface area contributed by atoms with E-state index in [0.717, 1.165) is 29.4 Å². The average molecular weight is 462 g/mol. The summed E-state index contributed by atoms with van der Waals surface area (Å²) in [6, 6.07) is 13.5. The van der Waals surface area contributed by atoms with Gasteiger partial charge in [0.2, 0.25) is 0 Å². The van der Waals surface area contributed by atoms with E-state index in [2.05, 4.69) is 75.0 Å². The van der Waals surface area contributed by atoms with Crippen molar-refractivity contribution in [2.45, 2.75) is 25.8 Å². The molecule has 0 bridgehead atoms. The Hall–Kier alpha value is -0.460. The lowest BCUT2D eigenvalue weighted by Crippen LogP contribution is -2.24. The molecule has 1 N–H and O–H groups in total. The molecule has 21 heavy (non-hydrogen) atoms. The molecule has 4 heteroatoms. The van der Waals surface area contributed by atoms with Gasteiger partial charge >= 0.3 is 0 Å². The molecule has 0 amide bonds. The maximum atomic E-state index is 13.5. The predicted molar refractivity (Wildman–Crippen MR) is 98.0 cm³/mol. The third-order valence-electron chi connectivity index (χ3n) is 3.32. The van der Waals surface area contributed by atoms with Gasteiger partial charge in [-0.15, -0.1) is 0 Å². The van der Waals surface area contributed by atoms with Crippen LogP contribution in [0.3, 0.4) is 0 Å². The zero-order valence-corrected chi connectivity index (χ0v) is 15.6. The summed E-state index contributed by atoms with van der Waals surface area (Å²) in [5.74, 6) is -0.190. The fourth-order valence-electron chi connectivity index (χ4n) is 2.27. The van der Waals surface area contributed by atoms with E-state index in [-0.39, 0.29) is 11.9 Å². The van der Waals surface area contributed by atoms with Gasteiger partial charge in [0, 0.05) is 14.1 Å². The maximum absolute atomic E-state index is 13.5. The predicted octanol–water partition coefficient (Wildman–Crippen LogP) is 5.48. The van der Waals surface area contributed by atoms with Gasteiger partial charge in [-0.05, 0) is 83.4 Å². The van der Waals surface area contributed by atoms with Crippen molar-refractivity contribution in [1.29, 1.82) is 0 Å². The first-order valence-corrected chi connectivity index (χ1v) is 8.90. The quantitative estimate of drug-likeness (QED) is 0.562. The van der Waals surface area contributed by atoms with Gasteiger partial charge in [0.05, 0.1) is 0 Å². The van der Waals surface area contributed by atoms with Crippen LogP contribution in [-0.4, -0.2) is 6.54 Å². The summed E-state index contributed by atoms with van der Waals surface area (Å²) < 4.78 is 15.6. The first-order valence-electron chi connectivity index (χ1n) is 7.03. The molecule has 2 aromatic rings. The van der Waals surface area contributed by atoms with Gasteiger partial charge in [0.1, 0.15) is 5.82 Å². The summed E-state index contributed by atoms with van der Waals surface area (Å²) in [5.41, 5.74) is 2.23. The van der Waals surface area contributed by atoms with Gasteiger partial charge in [0.25, 0.3) is 0 Å². The second kappa shape index (κ2) is 8.25. The summed E-state index contributed by atoms with van der Waals surface area (Å²) in [6.07, 6.45) is 1.84. The third kappa shape index (κ3) is 5.04. The smallest absolute Gasteiger partial charge is 0.123 e. The Morgan fingerprint density at radius 1 is 1.24 bits per heavy atom. The zero-order valence-electron chi connectivity index (χ0n) is 11.9. The Balaban J connectivity index is 2.25. The van der Waals surface area contributed by atoms with Crippen LogP contribution in [0.5, 0.6) is 0 Å². The minimum Gasteiger partial charge on any atom is -0.310 e. The largest absolute Gasteiger partial charge is 0.310 e. The van der Waals surface area contributed by atoms with Crippen molar-refractivity contribution in [3.63, 3.8) is 0 Å². The Kier molecular flexibility index (Phi) is 6.64. The highest BCUT2D eigenvalue weighted by atomic mass is 127. The Labute approximate surface area is 147 Å². The summed E-state index contributed by atoms with van der Waals surface area (Å²) >= 11 is 5.84. The van der Waals surface area contributed by atoms with E-state index in [1.165, 1.54) is 15.2 Å². The molecule has 1 unspecified atom stereocenters. The molecule has 2 rings (SSSR count). The molecule has 0 fully saturated rings. The normalized spacial score (nSPS) is 12.4. The molecule has 1 nitrogen and oxygen atoms in total. The van der Waals surface area contributed by atoms with Crippen LogP contribution >= 0.6 is 38.5 Å². The van der Waals surface area contributed by atoms with E-state index in [0.29, 0.717) is 0 Å². The van der Waals surface area contributed by atoms with E-state index in [1.54, 1.807) is 12.1 Å². The summed E-state index contributed by atoms with van der Waals surface area (Å²) in [7, 11) is 0. The molecule has 112 valence electrons. The van der Waals surface area contributed by atoms with E-state index >= 15 is 0 Å². The molecule has 0 saturated heterocycles. The Morgan fingerprint density at radius 3 is 2.76 bits per heavy atom. The van der Waals surface area contributed by atoms with Crippen molar-refractivity contribution >= 4 is 38.5 Å². The maximum Gasteiger partial charge on any atom is 0.123 e. The van der Waals surface area contributed by atoms with Crippen molar-refractivity contribution < 1.29 is 4.39 Å². The molecular formula is C17H18BrFIN. The third-order valence-corrected chi connectivity index (χ3v) is 4.77. The van der Waals surface area contributed by atoms with Crippen molar-refractivity contribution in [1.82, 2.24) is 5.32 Å². The van der Waals surface area contributed by atoms with Crippen LogP contribution in [0.4, 0.5) is 4.39 Å². The van der Waals surface area contributed by atoms with Gasteiger partial charge < -0.3 is 5.32 Å². The number of hydrogen-bond donors (Lipinski definition) is 1. The summed E-state index contributed by atoms with van der Waals surface area (Å²) in [4.78, 5) is 0. The number of rotatable bonds is 6. The molecule has 0 radical (unpaired) electrons. The van der Waals surface area contributed by atoms with Crippen molar-refractivity contribution in [2.24, 2.45) is 0 Å². The van der Waals surface area contributed by atoms with Crippen LogP contribution in [0.2, 0.25) is 0 Å². The van der Waals surface area contributed by atoms with Crippen LogP contribution in [0, 0.1) is 9.39 Å². The number of nitrogens with one attached hydrogen (secondary N) is 1. The highest BCUT2D eigenvalue weighted by Gasteiger charge is 2.14. The lowest BCUT2D eigenvalue weighted by molar-refractivity contribution is 0.526. The molecule has 0 saturated carbocycles. The average Bonchev–Trinajstić information content (AvgIpc) is 2.47. The Morgan fingerprint density at radius 2 is 2.05 bits per heavy atom. The highest BCUT2D eigenvalue weighted by Crippen LogP contribution is 2.25. The fourth-order valence-corrected chi connectivity index (χ4v) is 3.25. The van der Waals surface area contributed by atoms with Crippen molar-refractivity contribution in [3.05, 3.63) is 67.5 Å². The standard InChI is InChI=1S/C17H18BrFIN/c1-2-8-21-17(12-4-3-5-15(20)10-12)11-13-9-14(19)6-7-16(13)18/h3-7,9-10,17,21H,2,8,11H2,1H3. The van der Waals surface area contributed by atoms with Gasteiger partial charge in [-0.1, -0.05) is 35.0 Å². The summed E-state index contributed by atoms with van der Waals surface area (Å²) in [6.45, 7) is 3.10. The summed E-state index contributed by atoms with van der Waals surface area (Å²) in [5, 5.41) is 3.56. The lowest BCUT2D eigenvalue weighted by atomic mass is 9.98. The number of benzene rings is 2. The number of hydrogen-bond acceptors (Lipinski definition) is 1. The van der Waals surface area contributed by atoms with Crippen molar-refractivity contribution in [2.75, 3.05) is 6.54 Å². The molecule has 0 aliphatic heterocycles. The lowest BCUT2D eigenvalue weighted by Gasteiger charge is -2.20. The molecule has 2 aromatic carbocycles. The minimum atomic E-state index is -0.190. The molecule has 0 aliphatic rings. The topological polar surface area (TPSA) is 12.0 Å². The first-order chi connectivity index (χ1) is 10.1. The van der Waals surface area contributed by atoms with Gasteiger partial charge in [-0.25, -0.2) is 4.39 Å². The van der Waals surface area contributed by atoms with E-state index in [4.69, 9.17) is 0 Å². The van der Waals surface area contributed by atoms with Crippen LogP contribution in [0.1, 0.15) is 30.5 Å². The second-order valence-electron chi connectivity index (χ2n) is 5.00. The van der Waals surface area contributed by atoms with Gasteiger partial charge in [-0.2, -0.15) is 0 Å². The van der Waals surface area contributed by atoms with Gasteiger partial charge in [-0.3, -0.25) is 0 Å². The molecule has 1 atom stereocenters. The van der Waals surface area contributed by atoms with Crippen LogP contribution in [0.15, 0.2) is 46.9 Å². The molecule has 0 aliphatic carbocycles. The zero-order chi connectivity index (χ0) is 15.2. The molecule has 0 heterocycles. The second-order valence-corrected chi connectivity index (χ2v) is 7.10. The van der Waals surface area contributed by atoms with E-state index in [1.807, 2.05) is 0 Å². The molecular weight excluding hydrogens is 444 g/mol. The fraction of sp³-hybridized carbons (Fsp3) is 0.294. The molecule has 0 aromatic heterocycles. The minimum absolute atomic E-state index is 0.190. The first kappa shape index (κ1) is 16.9. The van der Waals surface area contributed by atoms with Crippen LogP contribution in [0.25, 0.3) is 0 Å². The molecule has 0 spiro atoms. The SMILES string of the molecule is CCCNC(Cc1cc(F)ccc1Br)c1cccc(I)c1. The number of halogens is 3. The van der Waals surface area contributed by atoms with Gasteiger partial charge in [0.15, 0.2) is 0 Å². The van der Waals surface area contributed by atoms with E-state index < -0.39 is 0 Å².